The molecule has 0 aliphatic carbocycles. The van der Waals surface area contributed by atoms with E-state index in [9.17, 15) is 24.8 Å². The summed E-state index contributed by atoms with van der Waals surface area (Å²) in [6.07, 6.45) is 0.274. The minimum absolute atomic E-state index is 0.0629. The standard InChI is InChI=1S/C14H17NO6/c1-3-14(4-2,12(16)17)13(18)21-9-10-5-7-11(8-6-10)15(19)20/h5-8H,3-4,9H2,1-2H3,(H,16,17). The fourth-order valence-electron chi connectivity index (χ4n) is 1.93. The molecule has 0 saturated carbocycles. The number of carboxylic acids is 1. The van der Waals surface area contributed by atoms with Gasteiger partial charge in [-0.25, -0.2) is 0 Å². The second kappa shape index (κ2) is 6.83. The second-order valence-electron chi connectivity index (χ2n) is 4.59. The highest BCUT2D eigenvalue weighted by Gasteiger charge is 2.44. The van der Waals surface area contributed by atoms with Crippen molar-refractivity contribution in [2.75, 3.05) is 0 Å². The molecule has 0 amide bonds. The Balaban J connectivity index is 2.75. The Morgan fingerprint density at radius 3 is 2.14 bits per heavy atom. The van der Waals surface area contributed by atoms with E-state index in [1.165, 1.54) is 24.3 Å². The molecule has 7 heteroatoms. The number of carbonyl (C=O) groups excluding carboxylic acids is 1. The summed E-state index contributed by atoms with van der Waals surface area (Å²) in [5.41, 5.74) is -1.05. The summed E-state index contributed by atoms with van der Waals surface area (Å²) < 4.78 is 5.05. The van der Waals surface area contributed by atoms with Crippen molar-refractivity contribution in [1.82, 2.24) is 0 Å². The van der Waals surface area contributed by atoms with Crippen LogP contribution in [0.3, 0.4) is 0 Å². The lowest BCUT2D eigenvalue weighted by Crippen LogP contribution is -2.39. The van der Waals surface area contributed by atoms with Crippen molar-refractivity contribution in [2.24, 2.45) is 5.41 Å². The first-order chi connectivity index (χ1) is 9.87. The zero-order valence-corrected chi connectivity index (χ0v) is 11.9. The Morgan fingerprint density at radius 2 is 1.76 bits per heavy atom. The highest BCUT2D eigenvalue weighted by Crippen LogP contribution is 2.29. The first-order valence-electron chi connectivity index (χ1n) is 6.51. The molecule has 0 bridgehead atoms. The molecule has 1 aromatic carbocycles. The molecule has 0 saturated heterocycles. The number of nitro benzene ring substituents is 1. The Labute approximate surface area is 121 Å². The van der Waals surface area contributed by atoms with Gasteiger partial charge in [-0.1, -0.05) is 13.8 Å². The molecule has 21 heavy (non-hydrogen) atoms. The van der Waals surface area contributed by atoms with Gasteiger partial charge in [0.2, 0.25) is 0 Å². The van der Waals surface area contributed by atoms with Crippen LogP contribution in [-0.4, -0.2) is 22.0 Å². The number of carbonyl (C=O) groups is 2. The zero-order valence-electron chi connectivity index (χ0n) is 11.9. The number of non-ortho nitro benzene ring substituents is 1. The molecule has 0 fully saturated rings. The summed E-state index contributed by atoms with van der Waals surface area (Å²) >= 11 is 0. The highest BCUT2D eigenvalue weighted by atomic mass is 16.6. The minimum Gasteiger partial charge on any atom is -0.480 e. The van der Waals surface area contributed by atoms with E-state index in [0.29, 0.717) is 5.56 Å². The number of nitro groups is 1. The van der Waals surface area contributed by atoms with Gasteiger partial charge in [0.1, 0.15) is 6.61 Å². The molecule has 0 aromatic heterocycles. The Kier molecular flexibility index (Phi) is 5.40. The van der Waals surface area contributed by atoms with Crippen molar-refractivity contribution in [3.8, 4) is 0 Å². The topological polar surface area (TPSA) is 107 Å². The van der Waals surface area contributed by atoms with E-state index in [1.54, 1.807) is 13.8 Å². The third kappa shape index (κ3) is 3.56. The summed E-state index contributed by atoms with van der Waals surface area (Å²) in [6.45, 7) is 3.11. The number of rotatable bonds is 7. The molecule has 1 rings (SSSR count). The predicted octanol–water partition coefficient (Wildman–Crippen LogP) is 2.53. The number of hydrogen-bond donors (Lipinski definition) is 1. The number of aliphatic carboxylic acids is 1. The average molecular weight is 295 g/mol. The monoisotopic (exact) mass is 295 g/mol. The number of ether oxygens (including phenoxy) is 1. The van der Waals surface area contributed by atoms with Crippen LogP contribution in [0.15, 0.2) is 24.3 Å². The molecule has 114 valence electrons. The summed E-state index contributed by atoms with van der Waals surface area (Å²) in [7, 11) is 0. The SMILES string of the molecule is CCC(CC)(C(=O)O)C(=O)OCc1ccc([N+](=O)[O-])cc1. The normalized spacial score (nSPS) is 11.0. The lowest BCUT2D eigenvalue weighted by atomic mass is 9.82. The number of benzene rings is 1. The minimum atomic E-state index is -1.54. The van der Waals surface area contributed by atoms with Gasteiger partial charge < -0.3 is 9.84 Å². The van der Waals surface area contributed by atoms with Gasteiger partial charge >= 0.3 is 11.9 Å². The summed E-state index contributed by atoms with van der Waals surface area (Å²) in [6, 6.07) is 5.53. The maximum Gasteiger partial charge on any atom is 0.323 e. The van der Waals surface area contributed by atoms with Gasteiger partial charge in [-0.2, -0.15) is 0 Å². The van der Waals surface area contributed by atoms with Gasteiger partial charge in [0.15, 0.2) is 5.41 Å². The van der Waals surface area contributed by atoms with Crippen molar-refractivity contribution in [2.45, 2.75) is 33.3 Å². The smallest absolute Gasteiger partial charge is 0.323 e. The molecule has 0 heterocycles. The molecular formula is C14H17NO6. The molecule has 0 unspecified atom stereocenters. The predicted molar refractivity (Wildman–Crippen MR) is 73.5 cm³/mol. The van der Waals surface area contributed by atoms with Gasteiger partial charge in [-0.3, -0.25) is 19.7 Å². The second-order valence-corrected chi connectivity index (χ2v) is 4.59. The average Bonchev–Trinajstić information content (AvgIpc) is 2.47. The van der Waals surface area contributed by atoms with Crippen LogP contribution in [-0.2, 0) is 20.9 Å². The Bertz CT molecular complexity index is 533. The van der Waals surface area contributed by atoms with E-state index in [0.717, 1.165) is 0 Å². The van der Waals surface area contributed by atoms with Crippen molar-refractivity contribution < 1.29 is 24.4 Å². The highest BCUT2D eigenvalue weighted by molar-refractivity contribution is 5.99. The van der Waals surface area contributed by atoms with Crippen LogP contribution < -0.4 is 0 Å². The summed E-state index contributed by atoms with van der Waals surface area (Å²) in [5.74, 6) is -2.00. The molecule has 0 spiro atoms. The molecule has 0 atom stereocenters. The van der Waals surface area contributed by atoms with Crippen LogP contribution in [0.4, 0.5) is 5.69 Å². The molecular weight excluding hydrogens is 278 g/mol. The summed E-state index contributed by atoms with van der Waals surface area (Å²) in [4.78, 5) is 33.3. The summed E-state index contributed by atoms with van der Waals surface area (Å²) in [5, 5.41) is 19.7. The number of carboxylic acid groups (broad SMARTS) is 1. The van der Waals surface area contributed by atoms with Crippen LogP contribution in [0.5, 0.6) is 0 Å². The fraction of sp³-hybridized carbons (Fsp3) is 0.429. The first-order valence-corrected chi connectivity index (χ1v) is 6.51. The molecule has 0 aliphatic rings. The zero-order chi connectivity index (χ0) is 16.0. The van der Waals surface area contributed by atoms with E-state index in [-0.39, 0.29) is 25.1 Å². The molecule has 1 N–H and O–H groups in total. The van der Waals surface area contributed by atoms with Crippen LogP contribution in [0.25, 0.3) is 0 Å². The van der Waals surface area contributed by atoms with Gasteiger partial charge in [0, 0.05) is 12.1 Å². The van der Waals surface area contributed by atoms with Crippen LogP contribution in [0.2, 0.25) is 0 Å². The van der Waals surface area contributed by atoms with E-state index in [4.69, 9.17) is 4.74 Å². The van der Waals surface area contributed by atoms with Crippen molar-refractivity contribution in [3.05, 3.63) is 39.9 Å². The number of hydrogen-bond acceptors (Lipinski definition) is 5. The number of esters is 1. The van der Waals surface area contributed by atoms with E-state index in [2.05, 4.69) is 0 Å². The lowest BCUT2D eigenvalue weighted by molar-refractivity contribution is -0.384. The van der Waals surface area contributed by atoms with Gasteiger partial charge in [0.25, 0.3) is 5.69 Å². The van der Waals surface area contributed by atoms with E-state index < -0.39 is 22.3 Å². The van der Waals surface area contributed by atoms with Gasteiger partial charge in [-0.05, 0) is 30.5 Å². The molecule has 7 nitrogen and oxygen atoms in total. The lowest BCUT2D eigenvalue weighted by Gasteiger charge is -2.24. The van der Waals surface area contributed by atoms with Crippen LogP contribution >= 0.6 is 0 Å². The van der Waals surface area contributed by atoms with Crippen LogP contribution in [0, 0.1) is 15.5 Å². The van der Waals surface area contributed by atoms with Crippen molar-refractivity contribution in [1.29, 1.82) is 0 Å². The van der Waals surface area contributed by atoms with Gasteiger partial charge in [-0.15, -0.1) is 0 Å². The Morgan fingerprint density at radius 1 is 1.24 bits per heavy atom. The quantitative estimate of drug-likeness (QED) is 0.358. The maximum atomic E-state index is 12.0. The van der Waals surface area contributed by atoms with Crippen molar-refractivity contribution >= 4 is 17.6 Å². The fourth-order valence-corrected chi connectivity index (χ4v) is 1.93. The van der Waals surface area contributed by atoms with Crippen LogP contribution in [0.1, 0.15) is 32.3 Å². The van der Waals surface area contributed by atoms with E-state index >= 15 is 0 Å². The van der Waals surface area contributed by atoms with Gasteiger partial charge in [0.05, 0.1) is 4.92 Å². The Hall–Kier alpha value is -2.44. The largest absolute Gasteiger partial charge is 0.480 e. The maximum absolute atomic E-state index is 12.0. The number of nitrogens with zero attached hydrogens (tertiary/aromatic N) is 1. The van der Waals surface area contributed by atoms with Crippen molar-refractivity contribution in [3.63, 3.8) is 0 Å². The molecule has 0 radical (unpaired) electrons. The first kappa shape index (κ1) is 16.6. The van der Waals surface area contributed by atoms with E-state index in [1.807, 2.05) is 0 Å². The molecule has 0 aliphatic heterocycles. The third-order valence-corrected chi connectivity index (χ3v) is 3.52. The third-order valence-electron chi connectivity index (χ3n) is 3.52. The molecule has 1 aromatic rings.